The number of para-hydroxylation sites is 1. The lowest BCUT2D eigenvalue weighted by atomic mass is 9.89. The number of urea groups is 1. The van der Waals surface area contributed by atoms with Crippen molar-refractivity contribution in [2.24, 2.45) is 5.92 Å². The van der Waals surface area contributed by atoms with Gasteiger partial charge in [-0.05, 0) is 37.3 Å². The van der Waals surface area contributed by atoms with E-state index in [9.17, 15) is 14.7 Å². The van der Waals surface area contributed by atoms with E-state index in [1.54, 1.807) is 0 Å². The lowest BCUT2D eigenvalue weighted by molar-refractivity contribution is -0.142. The molecule has 5 heteroatoms. The van der Waals surface area contributed by atoms with Gasteiger partial charge in [0, 0.05) is 24.3 Å². The predicted octanol–water partition coefficient (Wildman–Crippen LogP) is 2.11. The maximum atomic E-state index is 12.9. The van der Waals surface area contributed by atoms with Gasteiger partial charge < -0.3 is 10.0 Å². The zero-order valence-corrected chi connectivity index (χ0v) is 11.7. The van der Waals surface area contributed by atoms with Crippen LogP contribution in [0.3, 0.4) is 0 Å². The smallest absolute Gasteiger partial charge is 0.325 e. The summed E-state index contributed by atoms with van der Waals surface area (Å²) in [5.41, 5.74) is 2.19. The summed E-state index contributed by atoms with van der Waals surface area (Å²) in [5.74, 6) is -1.15. The van der Waals surface area contributed by atoms with Crippen molar-refractivity contribution in [3.05, 3.63) is 29.8 Å². The highest BCUT2D eigenvalue weighted by atomic mass is 16.4. The van der Waals surface area contributed by atoms with Crippen LogP contribution in [0.4, 0.5) is 10.5 Å². The maximum absolute atomic E-state index is 12.9. The highest BCUT2D eigenvalue weighted by Gasteiger charge is 2.52. The summed E-state index contributed by atoms with van der Waals surface area (Å²) in [7, 11) is 0. The molecule has 1 N–H and O–H groups in total. The van der Waals surface area contributed by atoms with Crippen molar-refractivity contribution in [2.75, 3.05) is 11.4 Å². The maximum Gasteiger partial charge on any atom is 0.325 e. The van der Waals surface area contributed by atoms with Gasteiger partial charge in [0.2, 0.25) is 0 Å². The average Bonchev–Trinajstić information content (AvgIpc) is 3.18. The summed E-state index contributed by atoms with van der Waals surface area (Å²) < 4.78 is 0. The largest absolute Gasteiger partial charge is 0.481 e. The zero-order chi connectivity index (χ0) is 14.6. The number of fused-ring (bicyclic) bond motifs is 3. The van der Waals surface area contributed by atoms with Crippen LogP contribution >= 0.6 is 0 Å². The molecule has 1 aromatic carbocycles. The molecule has 110 valence electrons. The molecule has 2 saturated heterocycles. The van der Waals surface area contributed by atoms with Crippen molar-refractivity contribution in [3.63, 3.8) is 0 Å². The first-order valence-corrected chi connectivity index (χ1v) is 7.57. The summed E-state index contributed by atoms with van der Waals surface area (Å²) in [6.45, 7) is 0.700. The van der Waals surface area contributed by atoms with Gasteiger partial charge in [-0.25, -0.2) is 4.79 Å². The van der Waals surface area contributed by atoms with Gasteiger partial charge in [-0.2, -0.15) is 0 Å². The van der Waals surface area contributed by atoms with Crippen LogP contribution in [0.25, 0.3) is 0 Å². The lowest BCUT2D eigenvalue weighted by Crippen LogP contribution is -2.46. The van der Waals surface area contributed by atoms with Gasteiger partial charge in [-0.1, -0.05) is 18.2 Å². The lowest BCUT2D eigenvalue weighted by Gasteiger charge is -2.29. The Hall–Kier alpha value is -2.04. The Morgan fingerprint density at radius 2 is 2.00 bits per heavy atom. The molecule has 0 saturated carbocycles. The average molecular weight is 286 g/mol. The fourth-order valence-corrected chi connectivity index (χ4v) is 4.23. The van der Waals surface area contributed by atoms with Crippen molar-refractivity contribution in [3.8, 4) is 0 Å². The number of nitrogens with zero attached hydrogens (tertiary/aromatic N) is 2. The molecular weight excluding hydrogens is 268 g/mol. The highest BCUT2D eigenvalue weighted by Crippen LogP contribution is 2.43. The third kappa shape index (κ3) is 1.76. The second-order valence-corrected chi connectivity index (χ2v) is 6.20. The number of rotatable bonds is 1. The molecule has 2 amide bonds. The first-order valence-electron chi connectivity index (χ1n) is 7.57. The Bertz CT molecular complexity index is 615. The summed E-state index contributed by atoms with van der Waals surface area (Å²) >= 11 is 0. The summed E-state index contributed by atoms with van der Waals surface area (Å²) in [6.07, 6.45) is 3.26. The number of amides is 2. The highest BCUT2D eigenvalue weighted by molar-refractivity contribution is 5.95. The summed E-state index contributed by atoms with van der Waals surface area (Å²) in [6, 6.07) is 7.96. The molecule has 2 bridgehead atoms. The van der Waals surface area contributed by atoms with Gasteiger partial charge in [0.1, 0.15) is 0 Å². The van der Waals surface area contributed by atoms with Gasteiger partial charge >= 0.3 is 12.0 Å². The van der Waals surface area contributed by atoms with Crippen molar-refractivity contribution in [1.29, 1.82) is 0 Å². The van der Waals surface area contributed by atoms with Crippen LogP contribution in [-0.2, 0) is 11.2 Å². The molecule has 0 spiro atoms. The number of benzene rings is 1. The standard InChI is InChI=1S/C16H18N2O3/c19-15(20)12-9-11-5-6-14(12)18(11)16(21)17-8-7-10-3-1-2-4-13(10)17/h1-4,11-12,14H,5-9H2,(H,19,20). The Labute approximate surface area is 123 Å². The van der Waals surface area contributed by atoms with E-state index in [4.69, 9.17) is 0 Å². The van der Waals surface area contributed by atoms with E-state index in [0.717, 1.165) is 24.9 Å². The molecule has 1 aromatic rings. The molecule has 21 heavy (non-hydrogen) atoms. The van der Waals surface area contributed by atoms with Gasteiger partial charge in [0.05, 0.1) is 5.92 Å². The van der Waals surface area contributed by atoms with Crippen molar-refractivity contribution >= 4 is 17.7 Å². The van der Waals surface area contributed by atoms with Crippen LogP contribution in [0.15, 0.2) is 24.3 Å². The van der Waals surface area contributed by atoms with Crippen LogP contribution in [0.2, 0.25) is 0 Å². The number of hydrogen-bond acceptors (Lipinski definition) is 2. The van der Waals surface area contributed by atoms with E-state index < -0.39 is 5.97 Å². The zero-order valence-electron chi connectivity index (χ0n) is 11.7. The van der Waals surface area contributed by atoms with E-state index >= 15 is 0 Å². The molecule has 3 heterocycles. The van der Waals surface area contributed by atoms with Gasteiger partial charge in [-0.3, -0.25) is 9.69 Å². The first-order chi connectivity index (χ1) is 10.2. The van der Waals surface area contributed by atoms with Crippen LogP contribution < -0.4 is 4.90 Å². The molecule has 5 nitrogen and oxygen atoms in total. The molecule has 2 fully saturated rings. The van der Waals surface area contributed by atoms with E-state index in [2.05, 4.69) is 6.07 Å². The number of carboxylic acids is 1. The second-order valence-electron chi connectivity index (χ2n) is 6.20. The van der Waals surface area contributed by atoms with Crippen LogP contribution in [0.1, 0.15) is 24.8 Å². The number of hydrogen-bond donors (Lipinski definition) is 1. The molecule has 4 rings (SSSR count). The van der Waals surface area contributed by atoms with E-state index in [1.165, 1.54) is 5.56 Å². The Balaban J connectivity index is 1.61. The topological polar surface area (TPSA) is 60.9 Å². The van der Waals surface area contributed by atoms with Crippen molar-refractivity contribution in [2.45, 2.75) is 37.8 Å². The van der Waals surface area contributed by atoms with Crippen LogP contribution in [-0.4, -0.2) is 40.6 Å². The second kappa shape index (κ2) is 4.48. The summed E-state index contributed by atoms with van der Waals surface area (Å²) in [4.78, 5) is 27.9. The quantitative estimate of drug-likeness (QED) is 0.860. The Kier molecular flexibility index (Phi) is 2.71. The third-order valence-electron chi connectivity index (χ3n) is 5.19. The molecule has 0 aromatic heterocycles. The van der Waals surface area contributed by atoms with E-state index in [-0.39, 0.29) is 24.0 Å². The first kappa shape index (κ1) is 12.7. The third-order valence-corrected chi connectivity index (χ3v) is 5.19. The van der Waals surface area contributed by atoms with Crippen LogP contribution in [0.5, 0.6) is 0 Å². The Morgan fingerprint density at radius 1 is 1.19 bits per heavy atom. The van der Waals surface area contributed by atoms with Crippen molar-refractivity contribution in [1.82, 2.24) is 4.90 Å². The van der Waals surface area contributed by atoms with E-state index in [1.807, 2.05) is 28.0 Å². The Morgan fingerprint density at radius 3 is 2.76 bits per heavy atom. The molecule has 0 radical (unpaired) electrons. The van der Waals surface area contributed by atoms with Gasteiger partial charge in [0.25, 0.3) is 0 Å². The minimum absolute atomic E-state index is 0.00352. The molecule has 3 aliphatic heterocycles. The number of anilines is 1. The minimum Gasteiger partial charge on any atom is -0.481 e. The number of aliphatic carboxylic acids is 1. The molecule has 0 aliphatic carbocycles. The predicted molar refractivity (Wildman–Crippen MR) is 77.3 cm³/mol. The number of carboxylic acid groups (broad SMARTS) is 1. The molecule has 3 unspecified atom stereocenters. The molecule has 3 aliphatic rings. The van der Waals surface area contributed by atoms with E-state index in [0.29, 0.717) is 13.0 Å². The van der Waals surface area contributed by atoms with Crippen LogP contribution in [0, 0.1) is 5.92 Å². The summed E-state index contributed by atoms with van der Waals surface area (Å²) in [5, 5.41) is 9.31. The minimum atomic E-state index is -0.762. The van der Waals surface area contributed by atoms with Crippen molar-refractivity contribution < 1.29 is 14.7 Å². The fraction of sp³-hybridized carbons (Fsp3) is 0.500. The molecular formula is C16H18N2O3. The fourth-order valence-electron chi connectivity index (χ4n) is 4.23. The normalized spacial score (nSPS) is 29.8. The number of carbonyl (C=O) groups excluding carboxylic acids is 1. The van der Waals surface area contributed by atoms with Gasteiger partial charge in [0.15, 0.2) is 0 Å². The SMILES string of the molecule is O=C(O)C1CC2CCC1N2C(=O)N1CCc2ccccc21. The monoisotopic (exact) mass is 286 g/mol. The van der Waals surface area contributed by atoms with Gasteiger partial charge in [-0.15, -0.1) is 0 Å². The molecule has 3 atom stereocenters. The number of carbonyl (C=O) groups is 2.